The molecule has 0 saturated carbocycles. The molecule has 1 aromatic carbocycles. The zero-order valence-electron chi connectivity index (χ0n) is 12.1. The van der Waals surface area contributed by atoms with Gasteiger partial charge in [0.15, 0.2) is 0 Å². The highest BCUT2D eigenvalue weighted by Gasteiger charge is 2.20. The molecule has 114 valence electrons. The Balaban J connectivity index is 2.32. The van der Waals surface area contributed by atoms with E-state index in [2.05, 4.69) is 20.0 Å². The first kappa shape index (κ1) is 15.5. The van der Waals surface area contributed by atoms with Gasteiger partial charge in [0.1, 0.15) is 10.7 Å². The Labute approximate surface area is 125 Å². The summed E-state index contributed by atoms with van der Waals surface area (Å²) < 4.78 is 27.0. The molecule has 0 bridgehead atoms. The Morgan fingerprint density at radius 3 is 2.67 bits per heavy atom. The van der Waals surface area contributed by atoms with E-state index in [1.54, 1.807) is 37.5 Å². The van der Waals surface area contributed by atoms with Gasteiger partial charge < -0.3 is 10.3 Å². The predicted octanol–water partition coefficient (Wildman–Crippen LogP) is 2.27. The number of H-pyrrole nitrogens is 1. The zero-order valence-corrected chi connectivity index (χ0v) is 12.9. The maximum atomic E-state index is 12.2. The summed E-state index contributed by atoms with van der Waals surface area (Å²) in [7, 11) is -3.51. The van der Waals surface area contributed by atoms with E-state index in [0.717, 1.165) is 12.2 Å². The van der Waals surface area contributed by atoms with Crippen molar-refractivity contribution in [2.75, 3.05) is 11.9 Å². The van der Waals surface area contributed by atoms with Crippen molar-refractivity contribution in [3.05, 3.63) is 42.5 Å². The summed E-state index contributed by atoms with van der Waals surface area (Å²) in [5.74, 6) is 0.785. The van der Waals surface area contributed by atoms with Gasteiger partial charge in [-0.25, -0.2) is 18.1 Å². The molecule has 2 rings (SSSR count). The highest BCUT2D eigenvalue weighted by Crippen LogP contribution is 2.26. The molecule has 0 spiro atoms. The van der Waals surface area contributed by atoms with Gasteiger partial charge in [0, 0.05) is 18.9 Å². The third-order valence-electron chi connectivity index (χ3n) is 3.10. The molecule has 1 unspecified atom stereocenters. The quantitative estimate of drug-likeness (QED) is 0.732. The largest absolute Gasteiger partial charge is 0.374 e. The summed E-state index contributed by atoms with van der Waals surface area (Å²) in [6.45, 7) is 4.12. The number of para-hydroxylation sites is 1. The van der Waals surface area contributed by atoms with Crippen LogP contribution >= 0.6 is 0 Å². The van der Waals surface area contributed by atoms with Crippen LogP contribution in [0.4, 0.5) is 5.69 Å². The third kappa shape index (κ3) is 3.62. The van der Waals surface area contributed by atoms with Gasteiger partial charge in [-0.1, -0.05) is 26.0 Å². The smallest absolute Gasteiger partial charge is 0.242 e. The molecule has 0 radical (unpaired) electrons. The predicted molar refractivity (Wildman–Crippen MR) is 82.5 cm³/mol. The lowest BCUT2D eigenvalue weighted by Gasteiger charge is -2.19. The molecule has 7 heteroatoms. The van der Waals surface area contributed by atoms with E-state index >= 15 is 0 Å². The van der Waals surface area contributed by atoms with Crippen molar-refractivity contribution in [3.8, 4) is 0 Å². The molecule has 1 aromatic heterocycles. The zero-order chi connectivity index (χ0) is 15.3. The summed E-state index contributed by atoms with van der Waals surface area (Å²) >= 11 is 0. The summed E-state index contributed by atoms with van der Waals surface area (Å²) in [6, 6.07) is 6.80. The van der Waals surface area contributed by atoms with Crippen LogP contribution in [0.2, 0.25) is 0 Å². The van der Waals surface area contributed by atoms with Gasteiger partial charge in [0.25, 0.3) is 0 Å². The van der Waals surface area contributed by atoms with Gasteiger partial charge in [-0.3, -0.25) is 0 Å². The van der Waals surface area contributed by atoms with Gasteiger partial charge in [-0.2, -0.15) is 0 Å². The summed E-state index contributed by atoms with van der Waals surface area (Å²) in [5, 5.41) is 3.25. The van der Waals surface area contributed by atoms with Crippen molar-refractivity contribution in [1.82, 2.24) is 14.7 Å². The lowest BCUT2D eigenvalue weighted by molar-refractivity contribution is 0.583. The van der Waals surface area contributed by atoms with Crippen LogP contribution in [0.3, 0.4) is 0 Å². The van der Waals surface area contributed by atoms with Crippen LogP contribution in [-0.4, -0.2) is 24.9 Å². The SMILES string of the molecule is CCNS(=O)(=O)c1ccccc1NC(CC)c1ncc[nH]1. The number of imidazole rings is 1. The molecule has 0 aliphatic heterocycles. The third-order valence-corrected chi connectivity index (χ3v) is 4.70. The lowest BCUT2D eigenvalue weighted by Crippen LogP contribution is -2.24. The van der Waals surface area contributed by atoms with Gasteiger partial charge >= 0.3 is 0 Å². The van der Waals surface area contributed by atoms with E-state index < -0.39 is 10.0 Å². The molecule has 0 amide bonds. The Morgan fingerprint density at radius 2 is 2.05 bits per heavy atom. The molecule has 0 aliphatic carbocycles. The number of benzene rings is 1. The lowest BCUT2D eigenvalue weighted by atomic mass is 10.2. The van der Waals surface area contributed by atoms with Gasteiger partial charge in [0.05, 0.1) is 11.7 Å². The molecule has 3 N–H and O–H groups in total. The number of aromatic amines is 1. The number of hydrogen-bond donors (Lipinski definition) is 3. The second kappa shape index (κ2) is 6.73. The second-order valence-electron chi connectivity index (χ2n) is 4.58. The Morgan fingerprint density at radius 1 is 1.29 bits per heavy atom. The molecule has 21 heavy (non-hydrogen) atoms. The molecule has 1 heterocycles. The number of nitrogens with one attached hydrogen (secondary N) is 3. The average molecular weight is 308 g/mol. The second-order valence-corrected chi connectivity index (χ2v) is 6.31. The van der Waals surface area contributed by atoms with E-state index in [-0.39, 0.29) is 10.9 Å². The number of anilines is 1. The highest BCUT2D eigenvalue weighted by atomic mass is 32.2. The molecular weight excluding hydrogens is 288 g/mol. The van der Waals surface area contributed by atoms with Crippen LogP contribution in [0.15, 0.2) is 41.6 Å². The number of sulfonamides is 1. The Kier molecular flexibility index (Phi) is 4.98. The van der Waals surface area contributed by atoms with Crippen molar-refractivity contribution in [2.24, 2.45) is 0 Å². The Bertz CT molecular complexity index is 668. The first-order chi connectivity index (χ1) is 10.1. The number of hydrogen-bond acceptors (Lipinski definition) is 4. The molecule has 0 saturated heterocycles. The van der Waals surface area contributed by atoms with E-state index in [1.165, 1.54) is 0 Å². The minimum atomic E-state index is -3.51. The van der Waals surface area contributed by atoms with Crippen LogP contribution in [0.5, 0.6) is 0 Å². The summed E-state index contributed by atoms with van der Waals surface area (Å²) in [5.41, 5.74) is 0.571. The molecular formula is C14H20N4O2S. The number of aromatic nitrogens is 2. The van der Waals surface area contributed by atoms with E-state index in [1.807, 2.05) is 13.0 Å². The van der Waals surface area contributed by atoms with Crippen molar-refractivity contribution in [2.45, 2.75) is 31.2 Å². The number of rotatable bonds is 7. The van der Waals surface area contributed by atoms with E-state index in [9.17, 15) is 8.42 Å². The minimum absolute atomic E-state index is 0.0713. The van der Waals surface area contributed by atoms with E-state index in [0.29, 0.717) is 12.2 Å². The van der Waals surface area contributed by atoms with Crippen molar-refractivity contribution >= 4 is 15.7 Å². The van der Waals surface area contributed by atoms with Crippen molar-refractivity contribution in [1.29, 1.82) is 0 Å². The molecule has 2 aromatic rings. The average Bonchev–Trinajstić information content (AvgIpc) is 2.99. The van der Waals surface area contributed by atoms with E-state index in [4.69, 9.17) is 0 Å². The normalized spacial score (nSPS) is 13.0. The molecule has 1 atom stereocenters. The fourth-order valence-electron chi connectivity index (χ4n) is 2.11. The summed E-state index contributed by atoms with van der Waals surface area (Å²) in [6.07, 6.45) is 4.21. The van der Waals surface area contributed by atoms with Crippen molar-refractivity contribution < 1.29 is 8.42 Å². The fourth-order valence-corrected chi connectivity index (χ4v) is 3.32. The fraction of sp³-hybridized carbons (Fsp3) is 0.357. The van der Waals surface area contributed by atoms with Gasteiger partial charge in [0.2, 0.25) is 10.0 Å². The first-order valence-corrected chi connectivity index (χ1v) is 8.41. The molecule has 0 aliphatic rings. The molecule has 6 nitrogen and oxygen atoms in total. The monoisotopic (exact) mass is 308 g/mol. The highest BCUT2D eigenvalue weighted by molar-refractivity contribution is 7.89. The molecule has 0 fully saturated rings. The maximum Gasteiger partial charge on any atom is 0.242 e. The van der Waals surface area contributed by atoms with Crippen LogP contribution in [0, 0.1) is 0 Å². The topological polar surface area (TPSA) is 86.9 Å². The van der Waals surface area contributed by atoms with Crippen LogP contribution < -0.4 is 10.0 Å². The standard InChI is InChI=1S/C14H20N4O2S/c1-3-11(14-15-9-10-16-14)18-12-7-5-6-8-13(12)21(19,20)17-4-2/h5-11,17-18H,3-4H2,1-2H3,(H,15,16). The minimum Gasteiger partial charge on any atom is -0.374 e. The van der Waals surface area contributed by atoms with Crippen LogP contribution in [0.25, 0.3) is 0 Å². The maximum absolute atomic E-state index is 12.2. The Hall–Kier alpha value is -1.86. The van der Waals surface area contributed by atoms with Crippen LogP contribution in [0.1, 0.15) is 32.1 Å². The van der Waals surface area contributed by atoms with Gasteiger partial charge in [-0.15, -0.1) is 0 Å². The first-order valence-electron chi connectivity index (χ1n) is 6.93. The van der Waals surface area contributed by atoms with Crippen molar-refractivity contribution in [3.63, 3.8) is 0 Å². The number of nitrogens with zero attached hydrogens (tertiary/aromatic N) is 1. The van der Waals surface area contributed by atoms with Gasteiger partial charge in [-0.05, 0) is 18.6 Å². The summed E-state index contributed by atoms with van der Waals surface area (Å²) in [4.78, 5) is 7.53. The van der Waals surface area contributed by atoms with Crippen LogP contribution in [-0.2, 0) is 10.0 Å².